The molecule has 0 aliphatic rings. The number of furan rings is 1. The molecule has 3 aromatic heterocycles. The summed E-state index contributed by atoms with van der Waals surface area (Å²) in [6, 6.07) is -0.595. The summed E-state index contributed by atoms with van der Waals surface area (Å²) in [7, 11) is 0. The Morgan fingerprint density at radius 2 is 1.08 bits per heavy atom. The minimum absolute atomic E-state index is 0.0280. The highest BCUT2D eigenvalue weighted by Gasteiger charge is 2.20. The Morgan fingerprint density at radius 3 is 1.84 bits per heavy atom. The third kappa shape index (κ3) is 4.60. The lowest BCUT2D eigenvalue weighted by atomic mass is 9.99. The largest absolute Gasteiger partial charge is 0.456 e. The van der Waals surface area contributed by atoms with Crippen molar-refractivity contribution in [1.29, 1.82) is 0 Å². The quantitative estimate of drug-likeness (QED) is 0.184. The first-order valence-corrected chi connectivity index (χ1v) is 15.1. The molecule has 0 aliphatic heterocycles. The van der Waals surface area contributed by atoms with Gasteiger partial charge in [0.1, 0.15) is 11.2 Å². The third-order valence-corrected chi connectivity index (χ3v) is 8.08. The van der Waals surface area contributed by atoms with Gasteiger partial charge in [-0.2, -0.15) is 0 Å². The summed E-state index contributed by atoms with van der Waals surface area (Å²) in [4.78, 5) is 14.0. The van der Waals surface area contributed by atoms with Gasteiger partial charge in [0.05, 0.1) is 44.1 Å². The van der Waals surface area contributed by atoms with Gasteiger partial charge in [-0.15, -0.1) is 0 Å². The number of fused-ring (bicyclic) bond motifs is 6. The highest BCUT2D eigenvalue weighted by Crippen LogP contribution is 2.39. The molecule has 0 radical (unpaired) electrons. The zero-order chi connectivity index (χ0) is 50.4. The van der Waals surface area contributed by atoms with E-state index in [0.717, 1.165) is 0 Å². The molecule has 5 nitrogen and oxygen atoms in total. The fourth-order valence-corrected chi connectivity index (χ4v) is 5.86. The molecule has 0 saturated heterocycles. The van der Waals surface area contributed by atoms with E-state index in [0.29, 0.717) is 5.56 Å². The van der Waals surface area contributed by atoms with Crippen molar-refractivity contribution in [2.24, 2.45) is 0 Å². The van der Waals surface area contributed by atoms with Crippen LogP contribution in [-0.4, -0.2) is 19.5 Å². The second-order valence-electron chi connectivity index (χ2n) is 10.9. The molecule has 234 valence electrons. The van der Waals surface area contributed by atoms with Crippen LogP contribution >= 0.6 is 0 Å². The zero-order valence-electron chi connectivity index (χ0n) is 45.3. The molecule has 0 amide bonds. The van der Waals surface area contributed by atoms with Crippen LogP contribution in [0.25, 0.3) is 94.7 Å². The van der Waals surface area contributed by atoms with E-state index >= 15 is 0 Å². The van der Waals surface area contributed by atoms with E-state index in [-0.39, 0.29) is 77.8 Å². The van der Waals surface area contributed by atoms with E-state index < -0.39 is 132 Å². The first kappa shape index (κ1) is 14.7. The van der Waals surface area contributed by atoms with E-state index in [4.69, 9.17) is 30.0 Å². The number of hydrogen-bond acceptors (Lipinski definition) is 4. The maximum absolute atomic E-state index is 9.45. The normalized spacial score (nSPS) is 17.2. The Hall–Kier alpha value is -6.85. The van der Waals surface area contributed by atoms with Gasteiger partial charge in [0.25, 0.3) is 0 Å². The average molecular weight is 661 g/mol. The van der Waals surface area contributed by atoms with Crippen molar-refractivity contribution in [2.75, 3.05) is 0 Å². The van der Waals surface area contributed by atoms with Crippen molar-refractivity contribution in [1.82, 2.24) is 19.5 Å². The van der Waals surface area contributed by atoms with Crippen LogP contribution in [0.2, 0.25) is 0 Å². The molecule has 7 aromatic carbocycles. The molecule has 0 N–H and O–H groups in total. The van der Waals surface area contributed by atoms with Gasteiger partial charge in [0.2, 0.25) is 0 Å². The average Bonchev–Trinajstić information content (AvgIpc) is 3.94. The molecule has 0 bridgehead atoms. The number of benzene rings is 7. The number of hydrogen-bond donors (Lipinski definition) is 0. The van der Waals surface area contributed by atoms with Crippen molar-refractivity contribution in [2.45, 2.75) is 0 Å². The van der Waals surface area contributed by atoms with E-state index in [9.17, 15) is 6.85 Å². The minimum Gasteiger partial charge on any atom is -0.456 e. The topological polar surface area (TPSA) is 56.7 Å². The highest BCUT2D eigenvalue weighted by atomic mass is 16.3. The third-order valence-electron chi connectivity index (χ3n) is 8.08. The van der Waals surface area contributed by atoms with Gasteiger partial charge in [-0.3, -0.25) is 0 Å². The van der Waals surface area contributed by atoms with Gasteiger partial charge >= 0.3 is 0 Å². The van der Waals surface area contributed by atoms with E-state index in [1.165, 1.54) is 22.8 Å². The minimum atomic E-state index is -0.716. The maximum atomic E-state index is 9.45. The summed E-state index contributed by atoms with van der Waals surface area (Å²) in [5.41, 5.74) is -1.96. The van der Waals surface area contributed by atoms with Crippen LogP contribution < -0.4 is 0 Å². The molecule has 0 aliphatic carbocycles. The molecular weight excluding hydrogens is 613 g/mol. The van der Waals surface area contributed by atoms with Gasteiger partial charge in [-0.1, -0.05) is 127 Å². The molecule has 5 heteroatoms. The number of rotatable bonds is 5. The van der Waals surface area contributed by atoms with Gasteiger partial charge in [-0.25, -0.2) is 15.0 Å². The fraction of sp³-hybridized carbons (Fsp3) is 0. The molecule has 0 fully saturated rings. The first-order valence-electron chi connectivity index (χ1n) is 25.1. The second kappa shape index (κ2) is 11.4. The van der Waals surface area contributed by atoms with Gasteiger partial charge < -0.3 is 8.98 Å². The Bertz CT molecular complexity index is 3920. The molecule has 10 rings (SSSR count). The summed E-state index contributed by atoms with van der Waals surface area (Å²) >= 11 is 0. The van der Waals surface area contributed by atoms with Crippen LogP contribution in [0.3, 0.4) is 0 Å². The summed E-state index contributed by atoms with van der Waals surface area (Å²) in [6.45, 7) is 0. The monoisotopic (exact) mass is 660 g/mol. The number of aromatic nitrogens is 4. The maximum Gasteiger partial charge on any atom is 0.166 e. The van der Waals surface area contributed by atoms with Crippen LogP contribution in [0.1, 0.15) is 27.4 Å². The second-order valence-corrected chi connectivity index (χ2v) is 10.9. The Labute approximate surface area is 315 Å². The zero-order valence-corrected chi connectivity index (χ0v) is 25.3. The van der Waals surface area contributed by atoms with E-state index in [1.54, 1.807) is 30.3 Å². The Morgan fingerprint density at radius 1 is 0.460 bits per heavy atom. The van der Waals surface area contributed by atoms with Gasteiger partial charge in [0, 0.05) is 38.2 Å². The summed E-state index contributed by atoms with van der Waals surface area (Å²) in [5, 5.41) is -0.975. The van der Waals surface area contributed by atoms with Crippen LogP contribution in [-0.2, 0) is 0 Å². The van der Waals surface area contributed by atoms with E-state index in [2.05, 4.69) is 9.97 Å². The van der Waals surface area contributed by atoms with Gasteiger partial charge in [-0.05, 0) is 53.5 Å². The molecule has 3 heterocycles. The number of para-hydroxylation sites is 3. The molecule has 0 atom stereocenters. The molecule has 0 saturated carbocycles. The predicted octanol–water partition coefficient (Wildman–Crippen LogP) is 11.5. The summed E-state index contributed by atoms with van der Waals surface area (Å²) in [6.07, 6.45) is 0. The van der Waals surface area contributed by atoms with E-state index in [1.807, 2.05) is 0 Å². The summed E-state index contributed by atoms with van der Waals surface area (Å²) < 4.78 is 183. The molecule has 0 spiro atoms. The van der Waals surface area contributed by atoms with Crippen molar-refractivity contribution in [3.63, 3.8) is 0 Å². The molecular formula is C45H28N4O. The predicted molar refractivity (Wildman–Crippen MR) is 203 cm³/mol. The molecule has 0 unspecified atom stereocenters. The van der Waals surface area contributed by atoms with Crippen LogP contribution in [0, 0.1) is 0 Å². The Balaban J connectivity index is 1.40. The highest BCUT2D eigenvalue weighted by molar-refractivity contribution is 6.10. The van der Waals surface area contributed by atoms with Gasteiger partial charge in [0.15, 0.2) is 17.5 Å². The lowest BCUT2D eigenvalue weighted by Crippen LogP contribution is -2.04. The van der Waals surface area contributed by atoms with Crippen molar-refractivity contribution in [3.8, 4) is 51.0 Å². The molecule has 10 aromatic rings. The van der Waals surface area contributed by atoms with Crippen molar-refractivity contribution >= 4 is 43.7 Å². The van der Waals surface area contributed by atoms with Crippen molar-refractivity contribution in [3.05, 3.63) is 169 Å². The lowest BCUT2D eigenvalue weighted by molar-refractivity contribution is 0.669. The lowest BCUT2D eigenvalue weighted by Gasteiger charge is -2.16. The Kier molecular flexibility index (Phi) is 3.36. The fourth-order valence-electron chi connectivity index (χ4n) is 5.86. The van der Waals surface area contributed by atoms with Crippen LogP contribution in [0.5, 0.6) is 0 Å². The van der Waals surface area contributed by atoms with Crippen LogP contribution in [0.15, 0.2) is 174 Å². The SMILES string of the molecule is [2H]c1c([2H])c([2H])c(-c2nc(-c3ccccc3)nc(-c3cc(-c4c([2H])c([2H])c5c(oc6c([2H])c([2H])c([2H])c([2H])c65)c4[2H])ccc3-n3c4c([2H])c([2H])c([2H])c([2H])c4c4c([2H])c([2H])c([2H])c([2H])c43)n2)c([2H])c1[2H]. The van der Waals surface area contributed by atoms with Crippen LogP contribution in [0.4, 0.5) is 0 Å². The summed E-state index contributed by atoms with van der Waals surface area (Å²) in [5.74, 6) is -0.876. The number of nitrogens with zero attached hydrogens (tertiary/aromatic N) is 4. The molecule has 50 heavy (non-hydrogen) atoms. The first-order chi connectivity index (χ1) is 33.1. The van der Waals surface area contributed by atoms with Crippen molar-refractivity contribution < 1.29 is 31.8 Å². The standard InChI is InChI=1S/C45H28N4O/c1-3-13-29(14-4-1)43-46-44(30-15-5-2-6-16-30)48-45(47-43)37-27-31(32-23-25-36-35-19-9-12-22-41(35)50-42(36)28-32)24-26-40(37)49-38-20-10-7-17-33(38)34-18-8-11-21-39(34)49/h1-28H/i1D,3D,4D,7D,8D,9D,10D,11D,12D,13D,14D,17D,18D,19D,20D,21D,22D,23D,25D,28D. The smallest absolute Gasteiger partial charge is 0.166 e.